The summed E-state index contributed by atoms with van der Waals surface area (Å²) in [7, 11) is 0. The maximum Gasteiger partial charge on any atom is 0.255 e. The predicted octanol–water partition coefficient (Wildman–Crippen LogP) is 2.82. The molecule has 2 aromatic heterocycles. The fourth-order valence-corrected chi connectivity index (χ4v) is 2.99. The topological polar surface area (TPSA) is 60.2 Å². The maximum atomic E-state index is 12.7. The number of aromatic nitrogens is 3. The molecule has 0 spiro atoms. The monoisotopic (exact) mass is 348 g/mol. The predicted molar refractivity (Wildman–Crippen MR) is 96.7 cm³/mol. The van der Waals surface area contributed by atoms with E-state index in [1.165, 1.54) is 0 Å². The Morgan fingerprint density at radius 2 is 2.00 bits per heavy atom. The SMILES string of the molecule is Cc1ccc(C(=O)N2CCn3nc(OCc4ccccc4)cc3C2)cn1. The molecule has 0 unspecified atom stereocenters. The zero-order valence-corrected chi connectivity index (χ0v) is 14.6. The lowest BCUT2D eigenvalue weighted by Gasteiger charge is -2.27. The standard InChI is InChI=1S/C20H20N4O2/c1-15-7-8-17(12-21-15)20(25)23-9-10-24-18(13-23)11-19(22-24)26-14-16-5-3-2-4-6-16/h2-8,11-12H,9-10,13-14H2,1H3. The number of fused-ring (bicyclic) bond motifs is 1. The van der Waals surface area contributed by atoms with Gasteiger partial charge in [-0.05, 0) is 24.6 Å². The Kier molecular flexibility index (Phi) is 4.39. The Labute approximate surface area is 152 Å². The molecule has 1 aliphatic heterocycles. The maximum absolute atomic E-state index is 12.7. The highest BCUT2D eigenvalue weighted by Crippen LogP contribution is 2.20. The Balaban J connectivity index is 1.43. The lowest BCUT2D eigenvalue weighted by atomic mass is 10.2. The molecular formula is C20H20N4O2. The first-order valence-electron chi connectivity index (χ1n) is 8.64. The lowest BCUT2D eigenvalue weighted by Crippen LogP contribution is -2.38. The first-order valence-corrected chi connectivity index (χ1v) is 8.64. The molecule has 6 nitrogen and oxygen atoms in total. The van der Waals surface area contributed by atoms with Gasteiger partial charge in [-0.1, -0.05) is 30.3 Å². The van der Waals surface area contributed by atoms with Crippen molar-refractivity contribution in [2.75, 3.05) is 6.54 Å². The molecular weight excluding hydrogens is 328 g/mol. The highest BCUT2D eigenvalue weighted by atomic mass is 16.5. The fourth-order valence-electron chi connectivity index (χ4n) is 2.99. The number of aryl methyl sites for hydroxylation is 1. The van der Waals surface area contributed by atoms with Crippen LogP contribution >= 0.6 is 0 Å². The van der Waals surface area contributed by atoms with E-state index in [1.807, 2.05) is 65.0 Å². The first kappa shape index (κ1) is 16.3. The molecule has 0 saturated heterocycles. The Bertz CT molecular complexity index is 903. The lowest BCUT2D eigenvalue weighted by molar-refractivity contribution is 0.0705. The molecule has 0 fully saturated rings. The second kappa shape index (κ2) is 7.00. The van der Waals surface area contributed by atoms with Crippen molar-refractivity contribution in [1.82, 2.24) is 19.7 Å². The van der Waals surface area contributed by atoms with Crippen LogP contribution in [0.4, 0.5) is 0 Å². The molecule has 1 aliphatic rings. The number of pyridine rings is 1. The number of carbonyl (C=O) groups excluding carboxylic acids is 1. The van der Waals surface area contributed by atoms with Gasteiger partial charge in [-0.25, -0.2) is 0 Å². The van der Waals surface area contributed by atoms with Crippen molar-refractivity contribution < 1.29 is 9.53 Å². The summed E-state index contributed by atoms with van der Waals surface area (Å²) >= 11 is 0. The van der Waals surface area contributed by atoms with Crippen molar-refractivity contribution >= 4 is 5.91 Å². The molecule has 0 N–H and O–H groups in total. The minimum absolute atomic E-state index is 0.00305. The number of benzene rings is 1. The summed E-state index contributed by atoms with van der Waals surface area (Å²) < 4.78 is 7.71. The Morgan fingerprint density at radius 3 is 2.77 bits per heavy atom. The average Bonchev–Trinajstić information content (AvgIpc) is 3.09. The summed E-state index contributed by atoms with van der Waals surface area (Å²) in [5, 5.41) is 4.49. The smallest absolute Gasteiger partial charge is 0.255 e. The van der Waals surface area contributed by atoms with E-state index in [9.17, 15) is 4.79 Å². The number of rotatable bonds is 4. The Hall–Kier alpha value is -3.15. The van der Waals surface area contributed by atoms with Crippen molar-refractivity contribution in [1.29, 1.82) is 0 Å². The molecule has 1 amide bonds. The second-order valence-electron chi connectivity index (χ2n) is 6.39. The van der Waals surface area contributed by atoms with Crippen molar-refractivity contribution in [3.63, 3.8) is 0 Å². The third-order valence-electron chi connectivity index (χ3n) is 4.45. The van der Waals surface area contributed by atoms with Crippen LogP contribution in [0.2, 0.25) is 0 Å². The van der Waals surface area contributed by atoms with Gasteiger partial charge in [0.05, 0.1) is 24.3 Å². The van der Waals surface area contributed by atoms with E-state index in [4.69, 9.17) is 4.74 Å². The van der Waals surface area contributed by atoms with E-state index >= 15 is 0 Å². The third-order valence-corrected chi connectivity index (χ3v) is 4.45. The van der Waals surface area contributed by atoms with Gasteiger partial charge in [0.25, 0.3) is 5.91 Å². The second-order valence-corrected chi connectivity index (χ2v) is 6.39. The molecule has 1 aromatic carbocycles. The van der Waals surface area contributed by atoms with Gasteiger partial charge in [-0.15, -0.1) is 5.10 Å². The normalized spacial score (nSPS) is 13.3. The van der Waals surface area contributed by atoms with E-state index in [0.29, 0.717) is 37.7 Å². The van der Waals surface area contributed by atoms with Crippen molar-refractivity contribution in [2.45, 2.75) is 26.6 Å². The molecule has 0 radical (unpaired) electrons. The summed E-state index contributed by atoms with van der Waals surface area (Å²) in [6, 6.07) is 15.6. The highest BCUT2D eigenvalue weighted by Gasteiger charge is 2.23. The molecule has 6 heteroatoms. The van der Waals surface area contributed by atoms with Crippen LogP contribution in [0.15, 0.2) is 54.7 Å². The van der Waals surface area contributed by atoms with E-state index in [0.717, 1.165) is 17.0 Å². The largest absolute Gasteiger partial charge is 0.472 e. The molecule has 0 atom stereocenters. The van der Waals surface area contributed by atoms with E-state index in [-0.39, 0.29) is 5.91 Å². The van der Waals surface area contributed by atoms with E-state index in [2.05, 4.69) is 10.1 Å². The molecule has 0 saturated carbocycles. The minimum Gasteiger partial charge on any atom is -0.472 e. The van der Waals surface area contributed by atoms with Crippen molar-refractivity contribution in [3.05, 3.63) is 77.2 Å². The number of hydrogen-bond acceptors (Lipinski definition) is 4. The van der Waals surface area contributed by atoms with Crippen LogP contribution in [-0.4, -0.2) is 32.1 Å². The van der Waals surface area contributed by atoms with Gasteiger partial charge < -0.3 is 9.64 Å². The molecule has 0 bridgehead atoms. The van der Waals surface area contributed by atoms with Gasteiger partial charge in [-0.2, -0.15) is 0 Å². The van der Waals surface area contributed by atoms with Crippen LogP contribution in [0.5, 0.6) is 5.88 Å². The summed E-state index contributed by atoms with van der Waals surface area (Å²) in [6.07, 6.45) is 1.64. The van der Waals surface area contributed by atoms with Gasteiger partial charge >= 0.3 is 0 Å². The average molecular weight is 348 g/mol. The summed E-state index contributed by atoms with van der Waals surface area (Å²) in [4.78, 5) is 18.7. The van der Waals surface area contributed by atoms with Gasteiger partial charge in [0.2, 0.25) is 5.88 Å². The highest BCUT2D eigenvalue weighted by molar-refractivity contribution is 5.93. The molecule has 0 aliphatic carbocycles. The first-order chi connectivity index (χ1) is 12.7. The molecule has 26 heavy (non-hydrogen) atoms. The summed E-state index contributed by atoms with van der Waals surface area (Å²) in [5.74, 6) is 0.590. The van der Waals surface area contributed by atoms with Crippen LogP contribution in [0, 0.1) is 6.92 Å². The van der Waals surface area contributed by atoms with Gasteiger partial charge in [0, 0.05) is 24.5 Å². The molecule has 132 valence electrons. The van der Waals surface area contributed by atoms with E-state index in [1.54, 1.807) is 6.20 Å². The summed E-state index contributed by atoms with van der Waals surface area (Å²) in [5.41, 5.74) is 3.59. The quantitative estimate of drug-likeness (QED) is 0.727. The zero-order valence-electron chi connectivity index (χ0n) is 14.6. The number of ether oxygens (including phenoxy) is 1. The minimum atomic E-state index is -0.00305. The van der Waals surface area contributed by atoms with E-state index < -0.39 is 0 Å². The number of nitrogens with zero attached hydrogens (tertiary/aromatic N) is 4. The molecule has 3 heterocycles. The molecule has 3 aromatic rings. The summed E-state index contributed by atoms with van der Waals surface area (Å²) in [6.45, 7) is 4.20. The fraction of sp³-hybridized carbons (Fsp3) is 0.250. The number of carbonyl (C=O) groups is 1. The number of hydrogen-bond donors (Lipinski definition) is 0. The van der Waals surface area contributed by atoms with Gasteiger partial charge in [0.1, 0.15) is 6.61 Å². The van der Waals surface area contributed by atoms with Crippen LogP contribution in [0.1, 0.15) is 27.3 Å². The van der Waals surface area contributed by atoms with Crippen molar-refractivity contribution in [2.24, 2.45) is 0 Å². The third kappa shape index (κ3) is 3.44. The Morgan fingerprint density at radius 1 is 1.15 bits per heavy atom. The van der Waals surface area contributed by atoms with Crippen LogP contribution in [-0.2, 0) is 19.7 Å². The van der Waals surface area contributed by atoms with Crippen LogP contribution in [0.25, 0.3) is 0 Å². The van der Waals surface area contributed by atoms with Gasteiger partial charge in [-0.3, -0.25) is 14.5 Å². The molecule has 4 rings (SSSR count). The van der Waals surface area contributed by atoms with Crippen LogP contribution < -0.4 is 4.74 Å². The van der Waals surface area contributed by atoms with Gasteiger partial charge in [0.15, 0.2) is 0 Å². The zero-order chi connectivity index (χ0) is 17.9. The van der Waals surface area contributed by atoms with Crippen LogP contribution in [0.3, 0.4) is 0 Å². The number of amides is 1. The van der Waals surface area contributed by atoms with Crippen molar-refractivity contribution in [3.8, 4) is 5.88 Å².